The summed E-state index contributed by atoms with van der Waals surface area (Å²) in [7, 11) is 2.14. The molecular weight excluding hydrogens is 330 g/mol. The van der Waals surface area contributed by atoms with Crippen LogP contribution in [0.15, 0.2) is 28.9 Å². The number of aromatic nitrogens is 1. The molecule has 0 saturated carbocycles. The molecule has 1 N–H and O–H groups in total. The van der Waals surface area contributed by atoms with E-state index in [2.05, 4.69) is 28.2 Å². The zero-order valence-electron chi connectivity index (χ0n) is 15.4. The van der Waals surface area contributed by atoms with E-state index in [0.717, 1.165) is 39.1 Å². The summed E-state index contributed by atoms with van der Waals surface area (Å²) in [6, 6.07) is 5.80. The summed E-state index contributed by atoms with van der Waals surface area (Å²) < 4.78 is 7.38. The van der Waals surface area contributed by atoms with Crippen molar-refractivity contribution in [1.29, 1.82) is 5.26 Å². The molecule has 2 aromatic heterocycles. The van der Waals surface area contributed by atoms with Crippen molar-refractivity contribution < 1.29 is 9.21 Å². The molecule has 1 amide bonds. The van der Waals surface area contributed by atoms with Crippen LogP contribution in [0.5, 0.6) is 0 Å². The summed E-state index contributed by atoms with van der Waals surface area (Å²) in [4.78, 5) is 17.3. The lowest BCUT2D eigenvalue weighted by Crippen LogP contribution is -2.45. The summed E-state index contributed by atoms with van der Waals surface area (Å²) in [5.41, 5.74) is 0.603. The number of hydrogen-bond acceptors (Lipinski definition) is 5. The van der Waals surface area contributed by atoms with Crippen LogP contribution in [0.2, 0.25) is 0 Å². The summed E-state index contributed by atoms with van der Waals surface area (Å²) in [5, 5.41) is 12.4. The van der Waals surface area contributed by atoms with Gasteiger partial charge >= 0.3 is 0 Å². The van der Waals surface area contributed by atoms with Crippen LogP contribution in [0.3, 0.4) is 0 Å². The molecule has 26 heavy (non-hydrogen) atoms. The summed E-state index contributed by atoms with van der Waals surface area (Å²) in [6.07, 6.45) is 4.46. The van der Waals surface area contributed by atoms with Gasteiger partial charge in [-0.3, -0.25) is 9.36 Å². The predicted octanol–water partition coefficient (Wildman–Crippen LogP) is 1.62. The van der Waals surface area contributed by atoms with Gasteiger partial charge in [-0.15, -0.1) is 0 Å². The minimum Gasteiger partial charge on any atom is -0.443 e. The second-order valence-corrected chi connectivity index (χ2v) is 6.67. The minimum absolute atomic E-state index is 0.250. The van der Waals surface area contributed by atoms with E-state index in [1.54, 1.807) is 23.9 Å². The van der Waals surface area contributed by atoms with E-state index in [1.807, 2.05) is 12.1 Å². The molecule has 1 aliphatic rings. The van der Waals surface area contributed by atoms with E-state index in [-0.39, 0.29) is 11.5 Å². The topological polar surface area (TPSA) is 77.4 Å². The van der Waals surface area contributed by atoms with Gasteiger partial charge in [0.05, 0.1) is 0 Å². The van der Waals surface area contributed by atoms with Crippen molar-refractivity contribution in [1.82, 2.24) is 19.7 Å². The highest BCUT2D eigenvalue weighted by atomic mass is 16.4. The van der Waals surface area contributed by atoms with E-state index in [9.17, 15) is 10.1 Å². The molecule has 3 rings (SSSR count). The molecule has 0 unspecified atom stereocenters. The number of likely N-dealkylation sites (N-methyl/N-ethyl adjacent to an activating group) is 1. The Morgan fingerprint density at radius 3 is 2.62 bits per heavy atom. The van der Waals surface area contributed by atoms with Crippen molar-refractivity contribution in [2.24, 2.45) is 0 Å². The van der Waals surface area contributed by atoms with Crippen LogP contribution >= 0.6 is 0 Å². The number of carbonyl (C=O) groups excluding carboxylic acids is 1. The Labute approximate surface area is 153 Å². The fourth-order valence-electron chi connectivity index (χ4n) is 3.22. The van der Waals surface area contributed by atoms with Gasteiger partial charge in [-0.05, 0) is 39.1 Å². The predicted molar refractivity (Wildman–Crippen MR) is 98.4 cm³/mol. The number of furan rings is 1. The molecule has 2 aromatic rings. The first-order chi connectivity index (χ1) is 12.6. The van der Waals surface area contributed by atoms with Gasteiger partial charge in [0, 0.05) is 45.1 Å². The van der Waals surface area contributed by atoms with Gasteiger partial charge in [0.15, 0.2) is 0 Å². The third kappa shape index (κ3) is 3.98. The average Bonchev–Trinajstić information content (AvgIpc) is 3.27. The molecule has 7 nitrogen and oxygen atoms in total. The van der Waals surface area contributed by atoms with Gasteiger partial charge in [-0.25, -0.2) is 0 Å². The number of nitrogens with one attached hydrogen (secondary N) is 1. The van der Waals surface area contributed by atoms with Gasteiger partial charge in [-0.2, -0.15) is 5.26 Å². The van der Waals surface area contributed by atoms with Crippen LogP contribution in [0.1, 0.15) is 28.1 Å². The Kier molecular flexibility index (Phi) is 5.76. The summed E-state index contributed by atoms with van der Waals surface area (Å²) >= 11 is 0. The van der Waals surface area contributed by atoms with Gasteiger partial charge in [-0.1, -0.05) is 0 Å². The van der Waals surface area contributed by atoms with Crippen molar-refractivity contribution in [2.75, 3.05) is 46.3 Å². The quantitative estimate of drug-likeness (QED) is 0.797. The van der Waals surface area contributed by atoms with Crippen LogP contribution in [0, 0.1) is 18.3 Å². The third-order valence-electron chi connectivity index (χ3n) is 4.78. The van der Waals surface area contributed by atoms with Gasteiger partial charge < -0.3 is 19.5 Å². The number of hydrogen-bond donors (Lipinski definition) is 1. The first-order valence-corrected chi connectivity index (χ1v) is 8.96. The lowest BCUT2D eigenvalue weighted by molar-refractivity contribution is 0.0947. The number of amides is 1. The molecule has 0 atom stereocenters. The van der Waals surface area contributed by atoms with Crippen molar-refractivity contribution in [3.05, 3.63) is 41.4 Å². The number of nitrogens with zero attached hydrogens (tertiary/aromatic N) is 4. The van der Waals surface area contributed by atoms with Crippen LogP contribution in [0.4, 0.5) is 0 Å². The van der Waals surface area contributed by atoms with E-state index in [0.29, 0.717) is 23.8 Å². The molecule has 1 saturated heterocycles. The lowest BCUT2D eigenvalue weighted by atomic mass is 10.1. The highest BCUT2D eigenvalue weighted by Gasteiger charge is 2.24. The Balaban J connectivity index is 1.57. The standard InChI is InChI=1S/C19H25N5O2/c1-15-17(16(14-20)19(26-15)24-8-3-4-9-24)18(25)21-6-5-7-23-12-10-22(2)11-13-23/h3-4,8-9H,5-7,10-13H2,1-2H3,(H,21,25). The largest absolute Gasteiger partial charge is 0.443 e. The minimum atomic E-state index is -0.250. The van der Waals surface area contributed by atoms with E-state index in [4.69, 9.17) is 4.42 Å². The first kappa shape index (κ1) is 18.2. The molecule has 0 radical (unpaired) electrons. The highest BCUT2D eigenvalue weighted by Crippen LogP contribution is 2.25. The molecule has 0 aromatic carbocycles. The maximum atomic E-state index is 12.6. The van der Waals surface area contributed by atoms with Crippen molar-refractivity contribution in [2.45, 2.75) is 13.3 Å². The highest BCUT2D eigenvalue weighted by molar-refractivity contribution is 5.98. The molecule has 0 spiro atoms. The lowest BCUT2D eigenvalue weighted by Gasteiger charge is -2.32. The van der Waals surface area contributed by atoms with E-state index in [1.165, 1.54) is 0 Å². The average molecular weight is 355 g/mol. The third-order valence-corrected chi connectivity index (χ3v) is 4.78. The van der Waals surface area contributed by atoms with Crippen molar-refractivity contribution >= 4 is 5.91 Å². The zero-order chi connectivity index (χ0) is 18.5. The second kappa shape index (κ2) is 8.21. The number of rotatable bonds is 6. The molecule has 1 aliphatic heterocycles. The van der Waals surface area contributed by atoms with Crippen LogP contribution in [-0.4, -0.2) is 66.6 Å². The smallest absolute Gasteiger partial charge is 0.256 e. The maximum Gasteiger partial charge on any atom is 0.256 e. The zero-order valence-corrected chi connectivity index (χ0v) is 15.4. The fourth-order valence-corrected chi connectivity index (χ4v) is 3.22. The molecule has 3 heterocycles. The SMILES string of the molecule is Cc1oc(-n2cccc2)c(C#N)c1C(=O)NCCCN1CCN(C)CC1. The Hall–Kier alpha value is -2.56. The van der Waals surface area contributed by atoms with Crippen molar-refractivity contribution in [3.8, 4) is 12.0 Å². The molecule has 1 fully saturated rings. The maximum absolute atomic E-state index is 12.6. The number of aryl methyl sites for hydroxylation is 1. The molecular formula is C19H25N5O2. The Bertz CT molecular complexity index is 780. The Morgan fingerprint density at radius 1 is 1.27 bits per heavy atom. The number of nitriles is 1. The molecule has 7 heteroatoms. The molecule has 138 valence electrons. The second-order valence-electron chi connectivity index (χ2n) is 6.67. The van der Waals surface area contributed by atoms with Gasteiger partial charge in [0.25, 0.3) is 5.91 Å². The first-order valence-electron chi connectivity index (χ1n) is 8.96. The molecule has 0 bridgehead atoms. The van der Waals surface area contributed by atoms with Gasteiger partial charge in [0.2, 0.25) is 5.88 Å². The van der Waals surface area contributed by atoms with Crippen molar-refractivity contribution in [3.63, 3.8) is 0 Å². The van der Waals surface area contributed by atoms with Crippen LogP contribution < -0.4 is 5.32 Å². The monoisotopic (exact) mass is 355 g/mol. The number of carbonyl (C=O) groups is 1. The molecule has 0 aliphatic carbocycles. The van der Waals surface area contributed by atoms with Crippen LogP contribution in [0.25, 0.3) is 5.88 Å². The van der Waals surface area contributed by atoms with E-state index >= 15 is 0 Å². The Morgan fingerprint density at radius 2 is 1.96 bits per heavy atom. The van der Waals surface area contributed by atoms with E-state index < -0.39 is 0 Å². The summed E-state index contributed by atoms with van der Waals surface area (Å²) in [6.45, 7) is 7.60. The van der Waals surface area contributed by atoms with Gasteiger partial charge in [0.1, 0.15) is 23.0 Å². The fraction of sp³-hybridized carbons (Fsp3) is 0.474. The van der Waals surface area contributed by atoms with Crippen LogP contribution in [-0.2, 0) is 0 Å². The normalized spacial score (nSPS) is 15.7. The summed E-state index contributed by atoms with van der Waals surface area (Å²) in [5.74, 6) is 0.596. The number of piperazine rings is 1.